The molecule has 1 fully saturated rings. The third-order valence-electron chi connectivity index (χ3n) is 13.2. The van der Waals surface area contributed by atoms with Crippen LogP contribution in [0.25, 0.3) is 0 Å². The van der Waals surface area contributed by atoms with Crippen molar-refractivity contribution >= 4 is 6.09 Å². The molecule has 0 aliphatic carbocycles. The molecule has 1 aliphatic rings. The topological polar surface area (TPSA) is 120 Å². The van der Waals surface area contributed by atoms with Gasteiger partial charge < -0.3 is 29.9 Å². The third-order valence-corrected chi connectivity index (χ3v) is 13.2. The van der Waals surface area contributed by atoms with Gasteiger partial charge in [-0.15, -0.1) is 0 Å². The van der Waals surface area contributed by atoms with Crippen molar-refractivity contribution in [1.29, 1.82) is 0 Å². The molecule has 0 aromatic carbocycles. The molecule has 0 saturated carbocycles. The van der Waals surface area contributed by atoms with Gasteiger partial charge >= 0.3 is 6.09 Å². The Bertz CT molecular complexity index is 905. The minimum atomic E-state index is -1.54. The number of rotatable bonds is 42. The number of amides is 1. The highest BCUT2D eigenvalue weighted by atomic mass is 16.6. The lowest BCUT2D eigenvalue weighted by atomic mass is 9.90. The predicted octanol–water partition coefficient (Wildman–Crippen LogP) is 13.7. The molecule has 59 heavy (non-hydrogen) atoms. The van der Waals surface area contributed by atoms with Crippen LogP contribution in [0.15, 0.2) is 0 Å². The van der Waals surface area contributed by atoms with Gasteiger partial charge in [-0.05, 0) is 32.1 Å². The fraction of sp³-hybridized carbons (Fsp3) is 0.980. The lowest BCUT2D eigenvalue weighted by Gasteiger charge is -2.44. The first-order valence-electron chi connectivity index (χ1n) is 26.1. The molecule has 4 N–H and O–H groups in total. The number of carbonyl (C=O) groups is 1. The number of unbranched alkanes of at least 4 members (excludes halogenated alkanes) is 32. The van der Waals surface area contributed by atoms with Crippen molar-refractivity contribution in [2.45, 2.75) is 302 Å². The van der Waals surface area contributed by atoms with Crippen LogP contribution < -0.4 is 0 Å². The summed E-state index contributed by atoms with van der Waals surface area (Å²) in [6.07, 6.45) is 39.0. The first-order chi connectivity index (χ1) is 28.8. The molecular formula is C51H101NO7. The molecule has 7 atom stereocenters. The van der Waals surface area contributed by atoms with E-state index >= 15 is 0 Å². The number of aliphatic hydroxyl groups excluding tert-OH is 4. The number of nitrogens with zero attached hydrogens (tertiary/aromatic N) is 1. The summed E-state index contributed by atoms with van der Waals surface area (Å²) in [4.78, 5) is 15.4. The normalized spacial score (nSPS) is 20.5. The lowest BCUT2D eigenvalue weighted by Crippen LogP contribution is -2.64. The van der Waals surface area contributed by atoms with Crippen molar-refractivity contribution < 1.29 is 34.7 Å². The smallest absolute Gasteiger partial charge is 0.412 e. The molecule has 8 nitrogen and oxygen atoms in total. The summed E-state index contributed by atoms with van der Waals surface area (Å²) in [6, 6.07) is 0. The largest absolute Gasteiger partial charge is 0.446 e. The zero-order valence-corrected chi connectivity index (χ0v) is 39.6. The second kappa shape index (κ2) is 39.9. The summed E-state index contributed by atoms with van der Waals surface area (Å²) in [6.45, 7) is 8.59. The standard InChI is InChI=1S/C51H101NO7/c1-5-8-11-14-17-20-22-23-24-25-26-27-29-32-35-38-41-45(40-37-34-31-28-19-16-13-10-7-3)44(4)58-51(57)52(42-39-36-33-30-21-18-15-12-9-6-2)50-49(56)48(55)47(54)46(43-53)59-50/h44-50,53-56H,5-43H2,1-4H3/t44?,45?,46-,47-,48+,49-,50?/m1/s1. The molecule has 0 radical (unpaired) electrons. The average Bonchev–Trinajstić information content (AvgIpc) is 3.23. The fourth-order valence-corrected chi connectivity index (χ4v) is 9.04. The van der Waals surface area contributed by atoms with E-state index in [0.717, 1.165) is 51.4 Å². The van der Waals surface area contributed by atoms with E-state index < -0.39 is 43.3 Å². The van der Waals surface area contributed by atoms with E-state index in [9.17, 15) is 25.2 Å². The van der Waals surface area contributed by atoms with Crippen molar-refractivity contribution in [3.8, 4) is 0 Å². The van der Waals surface area contributed by atoms with Crippen molar-refractivity contribution in [3.63, 3.8) is 0 Å². The Labute approximate surface area is 365 Å². The van der Waals surface area contributed by atoms with E-state index in [1.165, 1.54) is 191 Å². The van der Waals surface area contributed by atoms with Crippen LogP contribution in [0.3, 0.4) is 0 Å². The molecule has 1 heterocycles. The zero-order chi connectivity index (χ0) is 43.2. The zero-order valence-electron chi connectivity index (χ0n) is 39.6. The highest BCUT2D eigenvalue weighted by Crippen LogP contribution is 2.28. The third kappa shape index (κ3) is 28.4. The SMILES string of the molecule is CCCCCCCCCCCCCCCCCCC(CCCCCCCCCCC)C(C)OC(=O)N(CCCCCCCCCCCC)C1O[C@H](CO)[C@@H](O)[C@H](O)[C@H]1O. The van der Waals surface area contributed by atoms with Crippen LogP contribution in [-0.2, 0) is 9.47 Å². The van der Waals surface area contributed by atoms with Gasteiger partial charge in [-0.1, -0.05) is 239 Å². The number of aliphatic hydroxyl groups is 4. The van der Waals surface area contributed by atoms with Gasteiger partial charge in [-0.3, -0.25) is 4.90 Å². The molecule has 8 heteroatoms. The van der Waals surface area contributed by atoms with E-state index in [2.05, 4.69) is 20.8 Å². The van der Waals surface area contributed by atoms with Gasteiger partial charge in [0.2, 0.25) is 0 Å². The van der Waals surface area contributed by atoms with Crippen LogP contribution in [-0.4, -0.2) is 81.3 Å². The molecular weight excluding hydrogens is 739 g/mol. The summed E-state index contributed by atoms with van der Waals surface area (Å²) in [5.41, 5.74) is 0. The van der Waals surface area contributed by atoms with Crippen LogP contribution >= 0.6 is 0 Å². The van der Waals surface area contributed by atoms with E-state index in [1.807, 2.05) is 6.92 Å². The van der Waals surface area contributed by atoms with Crippen LogP contribution in [0.4, 0.5) is 4.79 Å². The van der Waals surface area contributed by atoms with Crippen LogP contribution in [0.5, 0.6) is 0 Å². The predicted molar refractivity (Wildman–Crippen MR) is 248 cm³/mol. The van der Waals surface area contributed by atoms with Crippen molar-refractivity contribution in [2.75, 3.05) is 13.2 Å². The van der Waals surface area contributed by atoms with Crippen molar-refractivity contribution in [2.24, 2.45) is 5.92 Å². The Morgan fingerprint density at radius 2 is 0.814 bits per heavy atom. The average molecular weight is 840 g/mol. The Morgan fingerprint density at radius 3 is 1.15 bits per heavy atom. The molecule has 1 rings (SSSR count). The first kappa shape index (κ1) is 56.1. The quantitative estimate of drug-likeness (QED) is 0.0452. The molecule has 352 valence electrons. The van der Waals surface area contributed by atoms with Gasteiger partial charge in [0.15, 0.2) is 6.23 Å². The maximum atomic E-state index is 14.0. The maximum absolute atomic E-state index is 14.0. The molecule has 0 aromatic rings. The Kier molecular flexibility index (Phi) is 37.9. The minimum absolute atomic E-state index is 0.254. The van der Waals surface area contributed by atoms with Crippen molar-refractivity contribution in [1.82, 2.24) is 4.90 Å². The van der Waals surface area contributed by atoms with Crippen LogP contribution in [0.1, 0.15) is 265 Å². The van der Waals surface area contributed by atoms with E-state index in [-0.39, 0.29) is 12.0 Å². The molecule has 1 amide bonds. The molecule has 0 aromatic heterocycles. The molecule has 1 aliphatic heterocycles. The van der Waals surface area contributed by atoms with Gasteiger partial charge in [-0.2, -0.15) is 0 Å². The van der Waals surface area contributed by atoms with Gasteiger partial charge in [0.1, 0.15) is 30.5 Å². The van der Waals surface area contributed by atoms with Gasteiger partial charge in [0.05, 0.1) is 6.61 Å². The monoisotopic (exact) mass is 840 g/mol. The second-order valence-corrected chi connectivity index (χ2v) is 18.7. The summed E-state index contributed by atoms with van der Waals surface area (Å²) < 4.78 is 12.2. The Hall–Kier alpha value is -0.930. The highest BCUT2D eigenvalue weighted by Gasteiger charge is 2.47. The molecule has 3 unspecified atom stereocenters. The highest BCUT2D eigenvalue weighted by molar-refractivity contribution is 5.68. The molecule has 1 saturated heterocycles. The van der Waals surface area contributed by atoms with Gasteiger partial charge in [-0.25, -0.2) is 4.79 Å². The lowest BCUT2D eigenvalue weighted by molar-refractivity contribution is -0.260. The fourth-order valence-electron chi connectivity index (χ4n) is 9.04. The van der Waals surface area contributed by atoms with Crippen LogP contribution in [0.2, 0.25) is 0 Å². The Balaban J connectivity index is 2.71. The van der Waals surface area contributed by atoms with Gasteiger partial charge in [0.25, 0.3) is 0 Å². The molecule has 0 spiro atoms. The number of hydrogen-bond donors (Lipinski definition) is 4. The maximum Gasteiger partial charge on any atom is 0.412 e. The van der Waals surface area contributed by atoms with E-state index in [4.69, 9.17) is 9.47 Å². The number of carbonyl (C=O) groups excluding carboxylic acids is 1. The van der Waals surface area contributed by atoms with E-state index in [0.29, 0.717) is 6.54 Å². The summed E-state index contributed by atoms with van der Waals surface area (Å²) in [5.74, 6) is 0.254. The first-order valence-corrected chi connectivity index (χ1v) is 26.1. The number of hydrogen-bond acceptors (Lipinski definition) is 7. The Morgan fingerprint density at radius 1 is 0.492 bits per heavy atom. The molecule has 0 bridgehead atoms. The van der Waals surface area contributed by atoms with Crippen LogP contribution in [0, 0.1) is 5.92 Å². The summed E-state index contributed by atoms with van der Waals surface area (Å²) in [5, 5.41) is 42.0. The van der Waals surface area contributed by atoms with Gasteiger partial charge in [0, 0.05) is 6.54 Å². The summed E-state index contributed by atoms with van der Waals surface area (Å²) in [7, 11) is 0. The minimum Gasteiger partial charge on any atom is -0.446 e. The summed E-state index contributed by atoms with van der Waals surface area (Å²) >= 11 is 0. The second-order valence-electron chi connectivity index (χ2n) is 18.7. The number of ether oxygens (including phenoxy) is 2. The van der Waals surface area contributed by atoms with E-state index in [1.54, 1.807) is 0 Å². The van der Waals surface area contributed by atoms with Crippen molar-refractivity contribution in [3.05, 3.63) is 0 Å².